The van der Waals surface area contributed by atoms with Crippen LogP contribution in [0.3, 0.4) is 0 Å². The molecule has 0 radical (unpaired) electrons. The maximum absolute atomic E-state index is 13.6. The van der Waals surface area contributed by atoms with Crippen molar-refractivity contribution in [2.45, 2.75) is 98.5 Å². The summed E-state index contributed by atoms with van der Waals surface area (Å²) >= 11 is -1.33. The number of aryl methyl sites for hydroxylation is 1. The minimum atomic E-state index is -1.33. The van der Waals surface area contributed by atoms with E-state index in [2.05, 4.69) is 45.5 Å². The molecule has 3 unspecified atom stereocenters. The first-order valence-corrected chi connectivity index (χ1v) is 15.7. The van der Waals surface area contributed by atoms with E-state index < -0.39 is 16.7 Å². The predicted octanol–water partition coefficient (Wildman–Crippen LogP) is 6.96. The number of hydrogen-bond acceptors (Lipinski definition) is 5. The van der Waals surface area contributed by atoms with Crippen LogP contribution in [-0.2, 0) is 42.4 Å². The minimum absolute atomic E-state index is 0.110. The molecule has 1 saturated carbocycles. The van der Waals surface area contributed by atoms with Crippen LogP contribution in [0, 0.1) is 36.5 Å². The van der Waals surface area contributed by atoms with Crippen molar-refractivity contribution in [1.29, 1.82) is 0 Å². The highest BCUT2D eigenvalue weighted by Crippen LogP contribution is 2.37. The standard InChI is InChI=1S/C32H50O5S/c1-9-11-28-23(3)12-10-13-26(28)18-22(2)14-17-30(33)27-19-25(21-36-38(8)35)16-15-24(4)29(20-27)31(34)37-32(5,6)7/h9-10,12-13,22,24-25,27,29H,1,11,14-21H2,2-8H3/t22?,24?,25-,27-,29-,38?/m1/s1. The zero-order chi connectivity index (χ0) is 28.5. The SMILES string of the molecule is C=CCc1c(C)cccc1CC(C)CCC(=O)[C@@H]1C[C@H](COS(C)=O)CCC(C)[C@H](C(=O)OC(C)(C)C)C1. The van der Waals surface area contributed by atoms with Gasteiger partial charge in [-0.05, 0) is 107 Å². The average Bonchev–Trinajstić information content (AvgIpc) is 2.80. The van der Waals surface area contributed by atoms with Gasteiger partial charge in [0.1, 0.15) is 11.4 Å². The molecular weight excluding hydrogens is 496 g/mol. The van der Waals surface area contributed by atoms with Crippen molar-refractivity contribution in [3.05, 3.63) is 47.5 Å². The fourth-order valence-corrected chi connectivity index (χ4v) is 6.01. The van der Waals surface area contributed by atoms with Crippen LogP contribution in [0.5, 0.6) is 0 Å². The number of Topliss-reactive ketones (excluding diaryl/α,β-unsaturated/α-hetero) is 1. The molecular formula is C32H50O5S. The zero-order valence-electron chi connectivity index (χ0n) is 24.7. The van der Waals surface area contributed by atoms with Gasteiger partial charge in [-0.3, -0.25) is 13.8 Å². The fourth-order valence-electron chi connectivity index (χ4n) is 5.63. The van der Waals surface area contributed by atoms with E-state index in [1.54, 1.807) is 0 Å². The van der Waals surface area contributed by atoms with Crippen molar-refractivity contribution in [2.24, 2.45) is 29.6 Å². The summed E-state index contributed by atoms with van der Waals surface area (Å²) in [6.07, 6.45) is 9.45. The van der Waals surface area contributed by atoms with Crippen molar-refractivity contribution >= 4 is 22.8 Å². The first-order chi connectivity index (χ1) is 17.8. The molecule has 0 amide bonds. The van der Waals surface area contributed by atoms with Gasteiger partial charge in [0, 0.05) is 18.6 Å². The summed E-state index contributed by atoms with van der Waals surface area (Å²) in [7, 11) is 0. The van der Waals surface area contributed by atoms with Crippen LogP contribution in [0.2, 0.25) is 0 Å². The zero-order valence-corrected chi connectivity index (χ0v) is 25.5. The second-order valence-electron chi connectivity index (χ2n) is 12.4. The number of hydrogen-bond donors (Lipinski definition) is 0. The summed E-state index contributed by atoms with van der Waals surface area (Å²) in [6.45, 7) is 16.4. The van der Waals surface area contributed by atoms with Crippen molar-refractivity contribution < 1.29 is 22.7 Å². The molecule has 1 aromatic carbocycles. The molecule has 38 heavy (non-hydrogen) atoms. The molecule has 0 spiro atoms. The molecule has 0 aromatic heterocycles. The van der Waals surface area contributed by atoms with Crippen molar-refractivity contribution in [2.75, 3.05) is 12.9 Å². The molecule has 0 heterocycles. The molecule has 1 aromatic rings. The van der Waals surface area contributed by atoms with Crippen molar-refractivity contribution in [3.63, 3.8) is 0 Å². The summed E-state index contributed by atoms with van der Waals surface area (Å²) in [6, 6.07) is 6.43. The van der Waals surface area contributed by atoms with Gasteiger partial charge in [-0.25, -0.2) is 4.21 Å². The highest BCUT2D eigenvalue weighted by atomic mass is 32.2. The van der Waals surface area contributed by atoms with Crippen LogP contribution in [0.25, 0.3) is 0 Å². The van der Waals surface area contributed by atoms with E-state index in [0.717, 1.165) is 32.1 Å². The number of ketones is 1. The summed E-state index contributed by atoms with van der Waals surface area (Å²) < 4.78 is 22.8. The molecule has 0 aliphatic heterocycles. The normalized spacial score (nSPS) is 24.1. The number of benzene rings is 1. The second kappa shape index (κ2) is 15.1. The van der Waals surface area contributed by atoms with E-state index in [4.69, 9.17) is 8.92 Å². The van der Waals surface area contributed by atoms with E-state index in [9.17, 15) is 13.8 Å². The third-order valence-corrected chi connectivity index (χ3v) is 8.28. The molecule has 6 heteroatoms. The van der Waals surface area contributed by atoms with Crippen LogP contribution in [-0.4, -0.2) is 34.4 Å². The van der Waals surface area contributed by atoms with E-state index in [-0.39, 0.29) is 35.4 Å². The van der Waals surface area contributed by atoms with Crippen LogP contribution in [0.4, 0.5) is 0 Å². The number of rotatable bonds is 12. The van der Waals surface area contributed by atoms with Gasteiger partial charge < -0.3 is 4.74 Å². The Kier molecular flexibility index (Phi) is 12.9. The molecule has 1 fully saturated rings. The van der Waals surface area contributed by atoms with Crippen LogP contribution >= 0.6 is 0 Å². The molecule has 0 N–H and O–H groups in total. The van der Waals surface area contributed by atoms with Gasteiger partial charge in [-0.15, -0.1) is 6.58 Å². The van der Waals surface area contributed by atoms with E-state index in [0.29, 0.717) is 31.8 Å². The van der Waals surface area contributed by atoms with Crippen LogP contribution in [0.15, 0.2) is 30.9 Å². The Morgan fingerprint density at radius 1 is 1.21 bits per heavy atom. The summed E-state index contributed by atoms with van der Waals surface area (Å²) in [5.74, 6) is 0.125. The van der Waals surface area contributed by atoms with Gasteiger partial charge in [0.15, 0.2) is 11.1 Å². The lowest BCUT2D eigenvalue weighted by Gasteiger charge is -2.34. The lowest BCUT2D eigenvalue weighted by atomic mass is 9.73. The largest absolute Gasteiger partial charge is 0.460 e. The number of carbonyl (C=O) groups is 2. The highest BCUT2D eigenvalue weighted by molar-refractivity contribution is 7.79. The summed E-state index contributed by atoms with van der Waals surface area (Å²) in [5, 5.41) is 0. The number of carbonyl (C=O) groups excluding carboxylic acids is 2. The summed E-state index contributed by atoms with van der Waals surface area (Å²) in [5.41, 5.74) is 3.39. The molecule has 214 valence electrons. The molecule has 0 saturated heterocycles. The quantitative estimate of drug-likeness (QED) is 0.209. The average molecular weight is 547 g/mol. The molecule has 0 bridgehead atoms. The van der Waals surface area contributed by atoms with E-state index >= 15 is 0 Å². The topological polar surface area (TPSA) is 69.7 Å². The fraction of sp³-hybridized carbons (Fsp3) is 0.688. The molecule has 5 nitrogen and oxygen atoms in total. The van der Waals surface area contributed by atoms with Gasteiger partial charge in [0.2, 0.25) is 0 Å². The Hall–Kier alpha value is -1.79. The smallest absolute Gasteiger partial charge is 0.309 e. The second-order valence-corrected chi connectivity index (χ2v) is 13.5. The number of allylic oxidation sites excluding steroid dienone is 1. The first-order valence-electron chi connectivity index (χ1n) is 14.2. The maximum Gasteiger partial charge on any atom is 0.309 e. The predicted molar refractivity (Wildman–Crippen MR) is 156 cm³/mol. The lowest BCUT2D eigenvalue weighted by Crippen LogP contribution is -2.36. The molecule has 6 atom stereocenters. The van der Waals surface area contributed by atoms with Crippen LogP contribution < -0.4 is 0 Å². The Morgan fingerprint density at radius 2 is 1.92 bits per heavy atom. The summed E-state index contributed by atoms with van der Waals surface area (Å²) in [4.78, 5) is 26.8. The molecule has 2 rings (SSSR count). The Balaban J connectivity index is 2.13. The van der Waals surface area contributed by atoms with Crippen LogP contribution in [0.1, 0.15) is 89.8 Å². The van der Waals surface area contributed by atoms with Gasteiger partial charge in [-0.1, -0.05) is 38.1 Å². The first kappa shape index (κ1) is 32.4. The highest BCUT2D eigenvalue weighted by Gasteiger charge is 2.37. The van der Waals surface area contributed by atoms with Crippen molar-refractivity contribution in [1.82, 2.24) is 0 Å². The Morgan fingerprint density at radius 3 is 2.55 bits per heavy atom. The number of ether oxygens (including phenoxy) is 1. The Labute approximate surface area is 233 Å². The third kappa shape index (κ3) is 10.8. The van der Waals surface area contributed by atoms with Gasteiger partial charge in [0.25, 0.3) is 0 Å². The molecule has 1 aliphatic carbocycles. The van der Waals surface area contributed by atoms with Crippen molar-refractivity contribution in [3.8, 4) is 0 Å². The van der Waals surface area contributed by atoms with E-state index in [1.807, 2.05) is 26.8 Å². The van der Waals surface area contributed by atoms with Gasteiger partial charge in [-0.2, -0.15) is 0 Å². The minimum Gasteiger partial charge on any atom is -0.460 e. The van der Waals surface area contributed by atoms with E-state index in [1.165, 1.54) is 22.9 Å². The van der Waals surface area contributed by atoms with Gasteiger partial charge in [0.05, 0.1) is 12.5 Å². The Bertz CT molecular complexity index is 963. The molecule has 1 aliphatic rings. The van der Waals surface area contributed by atoms with Gasteiger partial charge >= 0.3 is 5.97 Å². The number of esters is 1. The lowest BCUT2D eigenvalue weighted by molar-refractivity contribution is -0.163. The maximum atomic E-state index is 13.6. The monoisotopic (exact) mass is 546 g/mol. The third-order valence-electron chi connectivity index (χ3n) is 7.82.